The molecule has 46 heteroatoms. The maximum absolute atomic E-state index is 13.2. The number of alkyl halides is 9. The van der Waals surface area contributed by atoms with Gasteiger partial charge in [0, 0.05) is 101 Å². The van der Waals surface area contributed by atoms with Gasteiger partial charge in [0.25, 0.3) is 17.7 Å². The number of halogens is 13. The number of carbonyl (C=O) groups is 4. The second-order valence-corrected chi connectivity index (χ2v) is 40.6. The number of hydrogen-bond acceptors (Lipinski definition) is 25. The number of phenolic OH excluding ortho intramolecular Hbond substituents is 2. The number of aromatic carboxylic acids is 1. The molecule has 4 aliphatic heterocycles. The first-order chi connectivity index (χ1) is 68.1. The number of benzene rings is 10. The molecule has 10 N–H and O–H groups in total. The summed E-state index contributed by atoms with van der Waals surface area (Å²) in [5.41, 5.74) is -1.66. The van der Waals surface area contributed by atoms with E-state index in [1.807, 2.05) is 153 Å². The number of aromatic hydroxyl groups is 2. The van der Waals surface area contributed by atoms with Crippen molar-refractivity contribution in [3.63, 3.8) is 0 Å². The summed E-state index contributed by atoms with van der Waals surface area (Å²) >= 11 is 23.7. The minimum atomic E-state index is -6.85. The highest BCUT2D eigenvalue weighted by atomic mass is 35.5. The highest BCUT2D eigenvalue weighted by Crippen LogP contribution is 2.45. The Balaban J connectivity index is 0.000000157. The highest BCUT2D eigenvalue weighted by molar-refractivity contribution is 8.00. The predicted molar refractivity (Wildman–Crippen MR) is 524 cm³/mol. The van der Waals surface area contributed by atoms with Crippen LogP contribution in [0.4, 0.5) is 39.5 Å². The second kappa shape index (κ2) is 46.2. The van der Waals surface area contributed by atoms with Crippen molar-refractivity contribution in [2.45, 2.75) is 145 Å². The van der Waals surface area contributed by atoms with Gasteiger partial charge in [-0.2, -0.15) is 64.8 Å². The van der Waals surface area contributed by atoms with Gasteiger partial charge in [-0.05, 0) is 160 Å². The van der Waals surface area contributed by atoms with Gasteiger partial charge in [0.1, 0.15) is 28.6 Å². The number of carbonyl (C=O) groups excluding carboxylic acids is 3. The van der Waals surface area contributed by atoms with E-state index in [1.54, 1.807) is 30.3 Å². The number of rotatable bonds is 17. The molecule has 0 saturated carbocycles. The zero-order valence-corrected chi connectivity index (χ0v) is 83.1. The molecular formula is C99H92BCl4F9N4O25S3. The third-order valence-corrected chi connectivity index (χ3v) is 26.9. The molecule has 18 rings (SSSR count). The molecular weight excluding hydrogens is 2060 g/mol. The number of carboxylic acids is 1. The van der Waals surface area contributed by atoms with Crippen molar-refractivity contribution in [1.82, 2.24) is 16.0 Å². The number of nitrogens with one attached hydrogen (secondary N) is 3. The third kappa shape index (κ3) is 26.9. The number of ether oxygens (including phenoxy) is 4. The first-order valence-corrected chi connectivity index (χ1v) is 49.9. The smallest absolute Gasteiger partial charge is 0.504 e. The van der Waals surface area contributed by atoms with Crippen molar-refractivity contribution in [1.29, 1.82) is 0 Å². The summed E-state index contributed by atoms with van der Waals surface area (Å²) in [6.07, 6.45) is 2.84. The number of fused-ring (bicyclic) bond motifs is 8. The summed E-state index contributed by atoms with van der Waals surface area (Å²) < 4.78 is 221. The number of amides is 3. The lowest BCUT2D eigenvalue weighted by molar-refractivity contribution is -0.0586. The fourth-order valence-corrected chi connectivity index (χ4v) is 18.7. The maximum atomic E-state index is 13.2. The minimum Gasteiger partial charge on any atom is -0.504 e. The Hall–Kier alpha value is -12.9. The summed E-state index contributed by atoms with van der Waals surface area (Å²) in [6.45, 7) is 18.3. The lowest BCUT2D eigenvalue weighted by Gasteiger charge is -2.26. The van der Waals surface area contributed by atoms with Crippen LogP contribution in [0.5, 0.6) is 40.2 Å². The van der Waals surface area contributed by atoms with Gasteiger partial charge in [-0.15, -0.1) is 3.63 Å². The van der Waals surface area contributed by atoms with Gasteiger partial charge in [0.05, 0.1) is 44.6 Å². The molecule has 3 amide bonds. The summed E-state index contributed by atoms with van der Waals surface area (Å²) in [6, 6.07) is 59.8. The number of carboxylic acid groups (broad SMARTS) is 1. The Morgan fingerprint density at radius 3 is 1.06 bits per heavy atom. The molecule has 0 aliphatic carbocycles. The molecule has 0 spiro atoms. The monoisotopic (exact) mass is 2150 g/mol. The van der Waals surface area contributed by atoms with Crippen LogP contribution < -0.4 is 50.3 Å². The van der Waals surface area contributed by atoms with E-state index < -0.39 is 71.6 Å². The van der Waals surface area contributed by atoms with E-state index in [0.717, 1.165) is 97.2 Å². The molecule has 8 heterocycles. The van der Waals surface area contributed by atoms with Crippen LogP contribution in [0, 0.1) is 0 Å². The predicted octanol–water partition coefficient (Wildman–Crippen LogP) is 23.1. The van der Waals surface area contributed by atoms with E-state index in [2.05, 4.69) is 53.9 Å². The highest BCUT2D eigenvalue weighted by Gasteiger charge is 2.58. The van der Waals surface area contributed by atoms with Gasteiger partial charge in [-0.3, -0.25) is 14.4 Å². The molecule has 770 valence electrons. The van der Waals surface area contributed by atoms with Gasteiger partial charge in [0.2, 0.25) is 5.76 Å². The van der Waals surface area contributed by atoms with Gasteiger partial charge < -0.3 is 87.9 Å². The molecule has 0 bridgehead atoms. The van der Waals surface area contributed by atoms with E-state index in [4.69, 9.17) is 104 Å². The van der Waals surface area contributed by atoms with Gasteiger partial charge in [0.15, 0.2) is 51.3 Å². The molecule has 14 aromatic rings. The summed E-state index contributed by atoms with van der Waals surface area (Å²) in [5.74, 6) is 1.09. The lowest BCUT2D eigenvalue weighted by Crippen LogP contribution is -2.34. The first-order valence-electron chi connectivity index (χ1n) is 44.2. The molecule has 0 unspecified atom stereocenters. The lowest BCUT2D eigenvalue weighted by atomic mass is 9.80. The molecule has 0 fully saturated rings. The average Bonchev–Trinajstić information content (AvgIpc) is 1.63. The fraction of sp³-hybridized carbons (Fsp3) is 0.273. The normalized spacial score (nSPS) is 15.4. The zero-order valence-electron chi connectivity index (χ0n) is 77.6. The summed E-state index contributed by atoms with van der Waals surface area (Å²) in [7, 11) is -21.1. The Kier molecular flexibility index (Phi) is 35.4. The SMILES string of the molecule is CC(C)c1ccc(-c2cc(Cl)cc(Cl)c2)c2oc(C(=O)N[C@H]3CCOc4ccccc43)cc12.CC(C)c1ccc(O)c2oc(C(=O)N[C@H]3CCOc4ccccc43)cc12.CC(C)c1ccc(O)c2oc(C(=O)O)cc12.CC(C)c1ccc(OS(=O)(=O)C(F)(F)F)c2oc(C(=O)N[C@H]3CCOc4ccccc43)cc12.N[C@H]1CCOc2ccccc21.O=S(=O)(OS(=O)(=O)C(F)(F)F)C(F)(F)F.OB(O)c1cc(Cl)cc(Cl)c1. The van der Waals surface area contributed by atoms with Crippen LogP contribution in [0.2, 0.25) is 20.1 Å². The molecule has 4 aliphatic rings. The van der Waals surface area contributed by atoms with Crippen molar-refractivity contribution in [3.05, 3.63) is 294 Å². The topological polar surface area (TPSA) is 442 Å². The summed E-state index contributed by atoms with van der Waals surface area (Å²) in [5, 5.41) is 59.4. The first kappa shape index (κ1) is 111. The van der Waals surface area contributed by atoms with E-state index >= 15 is 0 Å². The Morgan fingerprint density at radius 1 is 0.393 bits per heavy atom. The second-order valence-electron chi connectivity index (χ2n) is 34.0. The molecule has 4 aromatic heterocycles. The van der Waals surface area contributed by atoms with Crippen LogP contribution in [0.1, 0.15) is 216 Å². The van der Waals surface area contributed by atoms with E-state index in [1.165, 1.54) is 42.5 Å². The van der Waals surface area contributed by atoms with Crippen LogP contribution in [0.3, 0.4) is 0 Å². The molecule has 4 atom stereocenters. The summed E-state index contributed by atoms with van der Waals surface area (Å²) in [4.78, 5) is 49.7. The van der Waals surface area contributed by atoms with Crippen molar-refractivity contribution < 1.29 is 154 Å². The molecule has 29 nitrogen and oxygen atoms in total. The number of hydrogen-bond donors (Lipinski definition) is 9. The van der Waals surface area contributed by atoms with E-state index in [-0.39, 0.29) is 111 Å². The number of nitrogens with two attached hydrogens (primary N) is 1. The molecule has 10 aromatic carbocycles. The third-order valence-electron chi connectivity index (χ3n) is 22.5. The van der Waals surface area contributed by atoms with Crippen LogP contribution in [0.25, 0.3) is 55.0 Å². The van der Waals surface area contributed by atoms with Gasteiger partial charge in [-0.25, -0.2) is 4.79 Å². The largest absolute Gasteiger partial charge is 0.534 e. The maximum Gasteiger partial charge on any atom is 0.534 e. The minimum absolute atomic E-state index is 0.0353. The molecule has 145 heavy (non-hydrogen) atoms. The molecule has 0 radical (unpaired) electrons. The Labute approximate surface area is 844 Å². The van der Waals surface area contributed by atoms with Gasteiger partial charge in [-0.1, -0.05) is 205 Å². The standard InChI is InChI=1S/C27H23Cl2NO3.C22H20F3NO6S.C21H21NO4.C12H12O4.C9H11NO.C6H5BCl2O2.C2F6O5S2/c1-15(2)19-7-8-20(16-11-17(28)13-18(29)12-16)26-22(19)14-25(33-26)27(31)30-23-9-10-32-24-6-4-3-5-21(23)24;1-12(2)13-7-8-18(32-33(28,29)22(23,24)25)20-15(13)11-19(31-20)21(27)26-16-9-10-30-17-6-4-3-5-14(16)17;1-12(2)13-7-8-17(23)20-15(13)11-19(26-20)21(24)22-16-9-10-25-18-6-4-3-5-14(16)18;1-6(2)7-3-4-9(13)11-8(7)5-10(16-11)12(14)15;10-8-5-6-11-9-4-2-1-3-7(8)9;8-5-1-4(7(10)11)2-6(9)3-5;3-1(4,5)14(9,10)13-15(11,12)2(6,7)8/h3-8,11-15,23H,9-10H2,1-2H3,(H,30,31);3-8,11-12,16H,9-10H2,1-2H3,(H,26,27);3-8,11-12,16,23H,9-10H2,1-2H3,(H,22,24);3-6,13H,1-2H3,(H,14,15);1-4,8H,5-6,10H2;1-3,10-11H;/t23-;2*16-;;8-;;/m000.0../s1. The Morgan fingerprint density at radius 2 is 0.697 bits per heavy atom. The quantitative estimate of drug-likeness (QED) is 0.0177. The Bertz CT molecular complexity index is 7400. The van der Waals surface area contributed by atoms with Crippen LogP contribution in [-0.2, 0) is 34.0 Å². The number of para-hydroxylation sites is 4. The van der Waals surface area contributed by atoms with Crippen LogP contribution in [0.15, 0.2) is 224 Å². The van der Waals surface area contributed by atoms with Crippen molar-refractivity contribution >= 4 is 157 Å². The van der Waals surface area contributed by atoms with Gasteiger partial charge >= 0.3 is 60.0 Å². The number of phenols is 2. The molecule has 0 saturated heterocycles. The average molecular weight is 2160 g/mol. The van der Waals surface area contributed by atoms with Crippen molar-refractivity contribution in [2.75, 3.05) is 26.4 Å². The van der Waals surface area contributed by atoms with Crippen LogP contribution in [-0.4, -0.2) is 124 Å². The van der Waals surface area contributed by atoms with Crippen LogP contribution >= 0.6 is 46.4 Å². The fourth-order valence-electron chi connectivity index (χ4n) is 15.6. The van der Waals surface area contributed by atoms with Crippen molar-refractivity contribution in [3.8, 4) is 51.4 Å². The van der Waals surface area contributed by atoms with E-state index in [9.17, 15) is 94.2 Å². The van der Waals surface area contributed by atoms with E-state index in [0.29, 0.717) is 92.5 Å². The zero-order chi connectivity index (χ0) is 106. The van der Waals surface area contributed by atoms with Crippen molar-refractivity contribution in [2.24, 2.45) is 5.73 Å². The number of furan rings is 4.